The second-order valence-electron chi connectivity index (χ2n) is 3.65. The Hall–Kier alpha value is -1.36. The van der Waals surface area contributed by atoms with Crippen LogP contribution in [-0.2, 0) is 14.3 Å². The van der Waals surface area contributed by atoms with Crippen LogP contribution in [0.2, 0.25) is 0 Å². The number of carbonyl (C=O) groups is 2. The third kappa shape index (κ3) is 10.9. The molecule has 0 aromatic heterocycles. The summed E-state index contributed by atoms with van der Waals surface area (Å²) in [6.07, 6.45) is 4.20. The lowest BCUT2D eigenvalue weighted by Gasteiger charge is -2.05. The van der Waals surface area contributed by atoms with Gasteiger partial charge in [0.2, 0.25) is 11.8 Å². The molecule has 0 bridgehead atoms. The van der Waals surface area contributed by atoms with Crippen molar-refractivity contribution in [1.29, 1.82) is 0 Å². The first-order valence-electron chi connectivity index (χ1n) is 5.86. The highest BCUT2D eigenvalue weighted by atomic mass is 16.5. The van der Waals surface area contributed by atoms with Crippen molar-refractivity contribution in [2.45, 2.75) is 25.7 Å². The maximum Gasteiger partial charge on any atom is 0.243 e. The average Bonchev–Trinajstić information content (AvgIpc) is 2.33. The van der Waals surface area contributed by atoms with E-state index in [0.717, 1.165) is 19.3 Å². The van der Waals surface area contributed by atoms with E-state index in [9.17, 15) is 9.59 Å². The highest BCUT2D eigenvalue weighted by Gasteiger charge is 1.99. The molecule has 0 unspecified atom stereocenters. The van der Waals surface area contributed by atoms with Crippen LogP contribution in [0.3, 0.4) is 0 Å². The summed E-state index contributed by atoms with van der Waals surface area (Å²) in [6, 6.07) is 0. The van der Waals surface area contributed by atoms with Gasteiger partial charge in [-0.05, 0) is 25.3 Å². The Bertz CT molecular complexity index is 242. The van der Waals surface area contributed by atoms with Crippen molar-refractivity contribution in [3.8, 4) is 0 Å². The second kappa shape index (κ2) is 11.1. The third-order valence-corrected chi connectivity index (χ3v) is 2.16. The van der Waals surface area contributed by atoms with Crippen molar-refractivity contribution in [3.63, 3.8) is 0 Å². The molecule has 0 aromatic rings. The van der Waals surface area contributed by atoms with Crippen molar-refractivity contribution in [3.05, 3.63) is 12.7 Å². The van der Waals surface area contributed by atoms with Gasteiger partial charge in [0.05, 0.1) is 0 Å². The smallest absolute Gasteiger partial charge is 0.243 e. The summed E-state index contributed by atoms with van der Waals surface area (Å²) < 4.78 is 4.85. The molecule has 0 radical (unpaired) electrons. The molecule has 0 aliphatic rings. The topological polar surface area (TPSA) is 67.4 Å². The zero-order valence-corrected chi connectivity index (χ0v) is 10.5. The van der Waals surface area contributed by atoms with Gasteiger partial charge in [0.25, 0.3) is 0 Å². The number of unbranched alkanes of at least 4 members (excludes halogenated alkanes) is 1. The minimum Gasteiger partial charge on any atom is -0.385 e. The van der Waals surface area contributed by atoms with Gasteiger partial charge in [-0.1, -0.05) is 6.58 Å². The Morgan fingerprint density at radius 3 is 2.41 bits per heavy atom. The number of hydrogen-bond donors (Lipinski definition) is 2. The summed E-state index contributed by atoms with van der Waals surface area (Å²) in [5, 5.41) is 5.49. The van der Waals surface area contributed by atoms with E-state index in [-0.39, 0.29) is 11.8 Å². The molecule has 0 fully saturated rings. The lowest BCUT2D eigenvalue weighted by Crippen LogP contribution is -2.26. The van der Waals surface area contributed by atoms with Crippen molar-refractivity contribution >= 4 is 11.8 Å². The third-order valence-electron chi connectivity index (χ3n) is 2.16. The quantitative estimate of drug-likeness (QED) is 0.436. The van der Waals surface area contributed by atoms with E-state index in [1.165, 1.54) is 6.08 Å². The Labute approximate surface area is 103 Å². The molecule has 2 N–H and O–H groups in total. The monoisotopic (exact) mass is 242 g/mol. The van der Waals surface area contributed by atoms with E-state index in [1.54, 1.807) is 7.11 Å². The number of amides is 2. The summed E-state index contributed by atoms with van der Waals surface area (Å²) in [6.45, 7) is 5.23. The van der Waals surface area contributed by atoms with E-state index in [0.29, 0.717) is 26.1 Å². The van der Waals surface area contributed by atoms with E-state index in [2.05, 4.69) is 17.2 Å². The maximum absolute atomic E-state index is 11.3. The van der Waals surface area contributed by atoms with Gasteiger partial charge < -0.3 is 15.4 Å². The highest BCUT2D eigenvalue weighted by molar-refractivity contribution is 5.86. The molecule has 0 aliphatic carbocycles. The summed E-state index contributed by atoms with van der Waals surface area (Å²) >= 11 is 0. The van der Waals surface area contributed by atoms with Crippen molar-refractivity contribution < 1.29 is 14.3 Å². The fourth-order valence-electron chi connectivity index (χ4n) is 1.23. The van der Waals surface area contributed by atoms with Gasteiger partial charge in [0.15, 0.2) is 0 Å². The number of rotatable bonds is 10. The van der Waals surface area contributed by atoms with Gasteiger partial charge >= 0.3 is 0 Å². The van der Waals surface area contributed by atoms with Crippen LogP contribution in [0, 0.1) is 0 Å². The molecular weight excluding hydrogens is 220 g/mol. The number of nitrogens with one attached hydrogen (secondary N) is 2. The lowest BCUT2D eigenvalue weighted by atomic mass is 10.2. The first-order chi connectivity index (χ1) is 8.20. The van der Waals surface area contributed by atoms with Gasteiger partial charge in [-0.15, -0.1) is 0 Å². The Morgan fingerprint density at radius 2 is 1.82 bits per heavy atom. The standard InChI is InChI=1S/C12H22N2O3/c1-3-11(15)13-8-4-5-9-14-12(16)7-6-10-17-2/h3H,1,4-10H2,2H3,(H,13,15)(H,14,16). The van der Waals surface area contributed by atoms with Crippen LogP contribution in [0.5, 0.6) is 0 Å². The molecule has 0 aliphatic heterocycles. The van der Waals surface area contributed by atoms with Crippen LogP contribution in [0.4, 0.5) is 0 Å². The predicted octanol–water partition coefficient (Wildman–Crippen LogP) is 0.612. The molecular formula is C12H22N2O3. The molecule has 0 saturated heterocycles. The molecule has 5 heteroatoms. The highest BCUT2D eigenvalue weighted by Crippen LogP contribution is 1.90. The van der Waals surface area contributed by atoms with Crippen molar-refractivity contribution in [2.75, 3.05) is 26.8 Å². The van der Waals surface area contributed by atoms with E-state index >= 15 is 0 Å². The summed E-state index contributed by atoms with van der Waals surface area (Å²) in [7, 11) is 1.62. The molecule has 0 spiro atoms. The van der Waals surface area contributed by atoms with E-state index in [4.69, 9.17) is 4.74 Å². The largest absolute Gasteiger partial charge is 0.385 e. The second-order valence-corrected chi connectivity index (χ2v) is 3.65. The number of methoxy groups -OCH3 is 1. The Balaban J connectivity index is 3.24. The number of hydrogen-bond acceptors (Lipinski definition) is 3. The Kier molecular flexibility index (Phi) is 10.2. The molecule has 5 nitrogen and oxygen atoms in total. The lowest BCUT2D eigenvalue weighted by molar-refractivity contribution is -0.121. The van der Waals surface area contributed by atoms with Crippen LogP contribution in [0.25, 0.3) is 0 Å². The molecule has 0 atom stereocenters. The first-order valence-corrected chi connectivity index (χ1v) is 5.86. The van der Waals surface area contributed by atoms with Crippen LogP contribution < -0.4 is 10.6 Å². The first kappa shape index (κ1) is 15.6. The van der Waals surface area contributed by atoms with Gasteiger partial charge in [0.1, 0.15) is 0 Å². The zero-order valence-electron chi connectivity index (χ0n) is 10.5. The fourth-order valence-corrected chi connectivity index (χ4v) is 1.23. The maximum atomic E-state index is 11.3. The molecule has 17 heavy (non-hydrogen) atoms. The predicted molar refractivity (Wildman–Crippen MR) is 66.6 cm³/mol. The van der Waals surface area contributed by atoms with Crippen LogP contribution in [0.15, 0.2) is 12.7 Å². The number of carbonyl (C=O) groups excluding carboxylic acids is 2. The van der Waals surface area contributed by atoms with Crippen molar-refractivity contribution in [1.82, 2.24) is 10.6 Å². The minimum atomic E-state index is -0.159. The SMILES string of the molecule is C=CC(=O)NCCCCNC(=O)CCCOC. The van der Waals surface area contributed by atoms with Crippen LogP contribution >= 0.6 is 0 Å². The normalized spacial score (nSPS) is 9.71. The minimum absolute atomic E-state index is 0.0529. The summed E-state index contributed by atoms with van der Waals surface area (Å²) in [5.74, 6) is -0.106. The molecule has 2 amide bonds. The molecule has 0 rings (SSSR count). The zero-order chi connectivity index (χ0) is 12.9. The molecule has 0 saturated carbocycles. The van der Waals surface area contributed by atoms with Gasteiger partial charge in [-0.2, -0.15) is 0 Å². The summed E-state index contributed by atoms with van der Waals surface area (Å²) in [5.41, 5.74) is 0. The average molecular weight is 242 g/mol. The molecule has 0 heterocycles. The number of ether oxygens (including phenoxy) is 1. The van der Waals surface area contributed by atoms with Crippen LogP contribution in [-0.4, -0.2) is 38.6 Å². The van der Waals surface area contributed by atoms with Crippen molar-refractivity contribution in [2.24, 2.45) is 0 Å². The van der Waals surface area contributed by atoms with Gasteiger partial charge in [-0.25, -0.2) is 0 Å². The van der Waals surface area contributed by atoms with Gasteiger partial charge in [0, 0.05) is 33.2 Å². The summed E-state index contributed by atoms with van der Waals surface area (Å²) in [4.78, 5) is 22.0. The van der Waals surface area contributed by atoms with E-state index in [1.807, 2.05) is 0 Å². The molecule has 0 aromatic carbocycles. The van der Waals surface area contributed by atoms with E-state index < -0.39 is 0 Å². The van der Waals surface area contributed by atoms with Crippen LogP contribution in [0.1, 0.15) is 25.7 Å². The molecule has 98 valence electrons. The van der Waals surface area contributed by atoms with Gasteiger partial charge in [-0.3, -0.25) is 9.59 Å². The fraction of sp³-hybridized carbons (Fsp3) is 0.667. The Morgan fingerprint density at radius 1 is 1.18 bits per heavy atom.